The third-order valence-electron chi connectivity index (χ3n) is 3.37. The number of rotatable bonds is 5. The van der Waals surface area contributed by atoms with Gasteiger partial charge in [0.1, 0.15) is 5.82 Å². The van der Waals surface area contributed by atoms with Crippen molar-refractivity contribution in [2.75, 3.05) is 0 Å². The largest absolute Gasteiger partial charge is 0.324 e. The molecular weight excluding hydrogens is 257 g/mol. The zero-order valence-electron chi connectivity index (χ0n) is 11.4. The molecule has 0 bridgehead atoms. The smallest absolute Gasteiger partial charge is 0.128 e. The van der Waals surface area contributed by atoms with E-state index >= 15 is 0 Å². The molecule has 1 unspecified atom stereocenters. The summed E-state index contributed by atoms with van der Waals surface area (Å²) in [5.74, 6) is -0.166. The number of hydrogen-bond acceptors (Lipinski definition) is 2. The first-order chi connectivity index (χ1) is 9.08. The maximum absolute atomic E-state index is 14.0. The summed E-state index contributed by atoms with van der Waals surface area (Å²) in [6.45, 7) is 3.84. The topological polar surface area (TPSA) is 26.0 Å². The maximum Gasteiger partial charge on any atom is 0.128 e. The fourth-order valence-corrected chi connectivity index (χ4v) is 3.24. The van der Waals surface area contributed by atoms with E-state index in [0.29, 0.717) is 5.56 Å². The first-order valence-electron chi connectivity index (χ1n) is 6.62. The summed E-state index contributed by atoms with van der Waals surface area (Å²) < 4.78 is 14.0. The van der Waals surface area contributed by atoms with Gasteiger partial charge in [0.25, 0.3) is 0 Å². The molecule has 1 aromatic heterocycles. The van der Waals surface area contributed by atoms with Gasteiger partial charge in [0.15, 0.2) is 0 Å². The van der Waals surface area contributed by atoms with Crippen molar-refractivity contribution in [1.29, 1.82) is 0 Å². The first-order valence-corrected chi connectivity index (χ1v) is 7.50. The minimum absolute atomic E-state index is 0.166. The maximum atomic E-state index is 14.0. The molecular formula is C16H20FNS. The number of hydrogen-bond donors (Lipinski definition) is 1. The molecule has 1 nitrogen and oxygen atoms in total. The normalized spacial score (nSPS) is 12.6. The van der Waals surface area contributed by atoms with Crippen molar-refractivity contribution < 1.29 is 4.39 Å². The lowest BCUT2D eigenvalue weighted by molar-refractivity contribution is 0.548. The van der Waals surface area contributed by atoms with Gasteiger partial charge < -0.3 is 5.73 Å². The summed E-state index contributed by atoms with van der Waals surface area (Å²) >= 11 is 1.76. The average Bonchev–Trinajstić information content (AvgIpc) is 2.80. The molecule has 0 aliphatic heterocycles. The lowest BCUT2D eigenvalue weighted by atomic mass is 9.95. The summed E-state index contributed by atoms with van der Waals surface area (Å²) in [6, 6.07) is 7.55. The molecule has 0 aliphatic carbocycles. The second kappa shape index (κ2) is 6.31. The molecule has 0 saturated carbocycles. The van der Waals surface area contributed by atoms with Crippen LogP contribution in [-0.2, 0) is 6.42 Å². The number of halogens is 1. The van der Waals surface area contributed by atoms with Gasteiger partial charge in [-0.1, -0.05) is 12.1 Å². The van der Waals surface area contributed by atoms with E-state index in [0.717, 1.165) is 30.4 Å². The van der Waals surface area contributed by atoms with Crippen molar-refractivity contribution in [2.24, 2.45) is 5.73 Å². The third kappa shape index (κ3) is 3.64. The van der Waals surface area contributed by atoms with Gasteiger partial charge in [0, 0.05) is 16.5 Å². The molecule has 1 aromatic carbocycles. The van der Waals surface area contributed by atoms with Crippen molar-refractivity contribution in [1.82, 2.24) is 0 Å². The van der Waals surface area contributed by atoms with Gasteiger partial charge in [-0.05, 0) is 61.7 Å². The summed E-state index contributed by atoms with van der Waals surface area (Å²) in [6.07, 6.45) is 2.84. The van der Waals surface area contributed by atoms with Gasteiger partial charge in [-0.2, -0.15) is 0 Å². The van der Waals surface area contributed by atoms with Crippen LogP contribution in [0, 0.1) is 19.7 Å². The van der Waals surface area contributed by atoms with Crippen LogP contribution < -0.4 is 5.73 Å². The Hall–Kier alpha value is -1.19. The fraction of sp³-hybridized carbons (Fsp3) is 0.375. The van der Waals surface area contributed by atoms with Gasteiger partial charge in [0.05, 0.1) is 0 Å². The summed E-state index contributed by atoms with van der Waals surface area (Å²) in [7, 11) is 0. The predicted molar refractivity (Wildman–Crippen MR) is 80.1 cm³/mol. The fourth-order valence-electron chi connectivity index (χ4n) is 2.49. The lowest BCUT2D eigenvalue weighted by Crippen LogP contribution is -2.14. The van der Waals surface area contributed by atoms with Crippen molar-refractivity contribution in [3.8, 4) is 0 Å². The van der Waals surface area contributed by atoms with Crippen molar-refractivity contribution in [3.05, 3.63) is 57.0 Å². The van der Waals surface area contributed by atoms with E-state index in [-0.39, 0.29) is 11.9 Å². The Morgan fingerprint density at radius 1 is 1.32 bits per heavy atom. The second-order valence-electron chi connectivity index (χ2n) is 5.06. The Bertz CT molecular complexity index is 511. The van der Waals surface area contributed by atoms with E-state index in [1.807, 2.05) is 19.9 Å². The standard InChI is InChI=1S/C16H20FNS/c1-11-9-12(2)16(14(17)10-11)15(18)7-3-5-13-6-4-8-19-13/h4,6,8-10,15H,3,5,7,18H2,1-2H3. The highest BCUT2D eigenvalue weighted by Crippen LogP contribution is 2.25. The van der Waals surface area contributed by atoms with Gasteiger partial charge in [-0.3, -0.25) is 0 Å². The van der Waals surface area contributed by atoms with E-state index in [1.54, 1.807) is 17.4 Å². The number of aryl methyl sites for hydroxylation is 3. The number of thiophene rings is 1. The highest BCUT2D eigenvalue weighted by atomic mass is 32.1. The van der Waals surface area contributed by atoms with E-state index in [1.165, 1.54) is 4.88 Å². The van der Waals surface area contributed by atoms with Crippen LogP contribution in [0.15, 0.2) is 29.6 Å². The Kier molecular flexibility index (Phi) is 4.72. The molecule has 19 heavy (non-hydrogen) atoms. The zero-order chi connectivity index (χ0) is 13.8. The highest BCUT2D eigenvalue weighted by molar-refractivity contribution is 7.09. The van der Waals surface area contributed by atoms with E-state index in [2.05, 4.69) is 17.5 Å². The molecule has 0 spiro atoms. The van der Waals surface area contributed by atoms with Crippen LogP contribution in [0.1, 0.15) is 40.5 Å². The van der Waals surface area contributed by atoms with Crippen molar-refractivity contribution >= 4 is 11.3 Å². The molecule has 0 aliphatic rings. The Morgan fingerprint density at radius 2 is 2.11 bits per heavy atom. The molecule has 1 heterocycles. The Labute approximate surface area is 118 Å². The minimum Gasteiger partial charge on any atom is -0.324 e. The SMILES string of the molecule is Cc1cc(C)c(C(N)CCCc2cccs2)c(F)c1. The molecule has 0 fully saturated rings. The summed E-state index contributed by atoms with van der Waals surface area (Å²) in [5.41, 5.74) is 8.74. The van der Waals surface area contributed by atoms with Crippen LogP contribution >= 0.6 is 11.3 Å². The first kappa shape index (κ1) is 14.2. The molecule has 0 saturated heterocycles. The molecule has 2 aromatic rings. The molecule has 0 radical (unpaired) electrons. The molecule has 2 rings (SSSR count). The van der Waals surface area contributed by atoms with Gasteiger partial charge in [-0.15, -0.1) is 11.3 Å². The predicted octanol–water partition coefficient (Wildman–Crippen LogP) is 4.53. The van der Waals surface area contributed by atoms with Crippen LogP contribution in [0.5, 0.6) is 0 Å². The Morgan fingerprint density at radius 3 is 2.74 bits per heavy atom. The zero-order valence-corrected chi connectivity index (χ0v) is 12.3. The van der Waals surface area contributed by atoms with Gasteiger partial charge in [-0.25, -0.2) is 4.39 Å². The van der Waals surface area contributed by atoms with Gasteiger partial charge in [0.2, 0.25) is 0 Å². The van der Waals surface area contributed by atoms with Crippen LogP contribution in [0.4, 0.5) is 4.39 Å². The quantitative estimate of drug-likeness (QED) is 0.854. The van der Waals surface area contributed by atoms with Crippen LogP contribution in [-0.4, -0.2) is 0 Å². The number of benzene rings is 1. The third-order valence-corrected chi connectivity index (χ3v) is 4.31. The minimum atomic E-state index is -0.208. The van der Waals surface area contributed by atoms with Gasteiger partial charge >= 0.3 is 0 Å². The van der Waals surface area contributed by atoms with E-state index in [4.69, 9.17) is 5.73 Å². The van der Waals surface area contributed by atoms with Crippen LogP contribution in [0.3, 0.4) is 0 Å². The molecule has 3 heteroatoms. The number of nitrogens with two attached hydrogens (primary N) is 1. The Balaban J connectivity index is 1.98. The van der Waals surface area contributed by atoms with E-state index < -0.39 is 0 Å². The van der Waals surface area contributed by atoms with Crippen LogP contribution in [0.25, 0.3) is 0 Å². The van der Waals surface area contributed by atoms with Crippen molar-refractivity contribution in [3.63, 3.8) is 0 Å². The van der Waals surface area contributed by atoms with Crippen LogP contribution in [0.2, 0.25) is 0 Å². The molecule has 2 N–H and O–H groups in total. The molecule has 102 valence electrons. The average molecular weight is 277 g/mol. The molecule has 0 amide bonds. The highest BCUT2D eigenvalue weighted by Gasteiger charge is 2.14. The summed E-state index contributed by atoms with van der Waals surface area (Å²) in [5, 5.41) is 2.08. The second-order valence-corrected chi connectivity index (χ2v) is 6.09. The monoisotopic (exact) mass is 277 g/mol. The van der Waals surface area contributed by atoms with E-state index in [9.17, 15) is 4.39 Å². The summed E-state index contributed by atoms with van der Waals surface area (Å²) in [4.78, 5) is 1.37. The van der Waals surface area contributed by atoms with Crippen molar-refractivity contribution in [2.45, 2.75) is 39.2 Å². The lowest BCUT2D eigenvalue weighted by Gasteiger charge is -2.16. The molecule has 1 atom stereocenters.